The van der Waals surface area contributed by atoms with Crippen LogP contribution >= 0.6 is 7.82 Å². The van der Waals surface area contributed by atoms with Crippen LogP contribution in [-0.4, -0.2) is 66.3 Å². The molecule has 0 bridgehead atoms. The van der Waals surface area contributed by atoms with Crippen LogP contribution in [0, 0.1) is 17.8 Å². The summed E-state index contributed by atoms with van der Waals surface area (Å²) in [7, 11) is -3.05. The number of alkyl carbamates (subject to hydrolysis) is 1. The van der Waals surface area contributed by atoms with E-state index < -0.39 is 67.1 Å². The summed E-state index contributed by atoms with van der Waals surface area (Å²) in [6.45, 7) is 4.30. The number of carbonyl (C=O) groups excluding carboxylic acids is 2. The Morgan fingerprint density at radius 3 is 2.75 bits per heavy atom. The molecule has 0 spiro atoms. The van der Waals surface area contributed by atoms with Crippen LogP contribution in [0.1, 0.15) is 33.4 Å². The number of amides is 1. The number of hydrogen-bond acceptors (Lipinski definition) is 11. The number of carbonyl (C=O) groups is 2. The number of esters is 1. The second-order valence-corrected chi connectivity index (χ2v) is 10.2. The Morgan fingerprint density at radius 2 is 2.14 bits per heavy atom. The first-order valence-corrected chi connectivity index (χ1v) is 12.5. The molecule has 0 aromatic carbocycles. The van der Waals surface area contributed by atoms with E-state index in [1.54, 1.807) is 20.8 Å². The SMILES string of the molecule is C#C[C@]1(C)[C@@H]2O[P@](=O)(OCC[C@H](NC(=O)OC)C(=O)OC(C)C)OC[C@H]2O[C@H]1n1ccc(=O)[nH]c1=O. The van der Waals surface area contributed by atoms with Gasteiger partial charge in [-0.15, -0.1) is 6.42 Å². The molecule has 1 aromatic heterocycles. The van der Waals surface area contributed by atoms with Crippen molar-refractivity contribution < 1.29 is 41.9 Å². The molecule has 1 amide bonds. The summed E-state index contributed by atoms with van der Waals surface area (Å²) in [4.78, 5) is 49.8. The summed E-state index contributed by atoms with van der Waals surface area (Å²) >= 11 is 0. The zero-order chi connectivity index (χ0) is 26.7. The van der Waals surface area contributed by atoms with Gasteiger partial charge in [-0.3, -0.25) is 27.9 Å². The highest BCUT2D eigenvalue weighted by Crippen LogP contribution is 2.60. The van der Waals surface area contributed by atoms with E-state index in [4.69, 9.17) is 29.5 Å². The van der Waals surface area contributed by atoms with Crippen LogP contribution in [0.25, 0.3) is 0 Å². The largest absolute Gasteiger partial charge is 0.475 e. The Balaban J connectivity index is 1.71. The minimum Gasteiger partial charge on any atom is -0.461 e. The number of phosphoric acid groups is 1. The fraction of sp³-hybridized carbons (Fsp3) is 0.619. The van der Waals surface area contributed by atoms with E-state index in [0.717, 1.165) is 17.7 Å². The number of rotatable bonds is 8. The molecule has 2 N–H and O–H groups in total. The molecule has 2 saturated heterocycles. The van der Waals surface area contributed by atoms with Gasteiger partial charge in [0.2, 0.25) is 0 Å². The lowest BCUT2D eigenvalue weighted by molar-refractivity contribution is -0.150. The molecule has 198 valence electrons. The van der Waals surface area contributed by atoms with Gasteiger partial charge in [0.1, 0.15) is 23.7 Å². The predicted octanol–water partition coefficient (Wildman–Crippen LogP) is 0.680. The molecule has 15 heteroatoms. The molecule has 3 heterocycles. The number of nitrogens with zero attached hydrogens (tertiary/aromatic N) is 1. The van der Waals surface area contributed by atoms with Gasteiger partial charge in [-0.05, 0) is 20.8 Å². The van der Waals surface area contributed by atoms with Gasteiger partial charge in [-0.25, -0.2) is 18.9 Å². The summed E-state index contributed by atoms with van der Waals surface area (Å²) in [5.41, 5.74) is -2.64. The number of ether oxygens (including phenoxy) is 3. The van der Waals surface area contributed by atoms with Crippen LogP contribution in [0.2, 0.25) is 0 Å². The number of terminal acetylenes is 1. The standard InChI is InChI=1S/C21H28N3O11P/c1-6-21(4)16-14(34-18(21)24-9-7-15(25)23-19(24)27)11-32-36(29,35-16)31-10-8-13(22-20(28)30-5)17(26)33-12(2)3/h1,7,9,12-14,16,18H,8,10-11H2,2-5H3,(H,22,28)(H,23,25,27)/t13-,14+,16+,18+,21+,36+/m0/s1. The van der Waals surface area contributed by atoms with E-state index in [1.807, 2.05) is 0 Å². The number of fused-ring (bicyclic) bond motifs is 1. The third kappa shape index (κ3) is 5.88. The van der Waals surface area contributed by atoms with Crippen LogP contribution in [0.15, 0.2) is 21.9 Å². The predicted molar refractivity (Wildman–Crippen MR) is 122 cm³/mol. The molecule has 0 saturated carbocycles. The monoisotopic (exact) mass is 529 g/mol. The Labute approximate surface area is 206 Å². The fourth-order valence-electron chi connectivity index (χ4n) is 3.78. The van der Waals surface area contributed by atoms with Crippen molar-refractivity contribution in [1.82, 2.24) is 14.9 Å². The average Bonchev–Trinajstić information content (AvgIpc) is 3.09. The van der Waals surface area contributed by atoms with Gasteiger partial charge in [0.05, 0.1) is 26.4 Å². The second kappa shape index (κ2) is 11.0. The molecule has 0 aliphatic carbocycles. The topological polar surface area (TPSA) is 173 Å². The van der Waals surface area contributed by atoms with E-state index in [9.17, 15) is 23.7 Å². The third-order valence-corrected chi connectivity index (χ3v) is 7.02. The van der Waals surface area contributed by atoms with Crippen LogP contribution < -0.4 is 16.6 Å². The van der Waals surface area contributed by atoms with Crippen molar-refractivity contribution in [3.63, 3.8) is 0 Å². The Kier molecular flexibility index (Phi) is 8.43. The summed E-state index contributed by atoms with van der Waals surface area (Å²) in [5, 5.41) is 2.32. The van der Waals surface area contributed by atoms with Crippen molar-refractivity contribution >= 4 is 19.9 Å². The van der Waals surface area contributed by atoms with E-state index in [1.165, 1.54) is 6.20 Å². The number of hydrogen-bond donors (Lipinski definition) is 2. The molecule has 36 heavy (non-hydrogen) atoms. The number of aromatic nitrogens is 2. The molecule has 2 fully saturated rings. The van der Waals surface area contributed by atoms with Gasteiger partial charge in [-0.1, -0.05) is 5.92 Å². The number of phosphoric ester groups is 1. The quantitative estimate of drug-likeness (QED) is 0.275. The van der Waals surface area contributed by atoms with E-state index in [0.29, 0.717) is 0 Å². The molecule has 6 atom stereocenters. The van der Waals surface area contributed by atoms with Crippen LogP contribution in [0.3, 0.4) is 0 Å². The maximum Gasteiger partial charge on any atom is 0.475 e. The second-order valence-electron chi connectivity index (χ2n) is 8.54. The smallest absolute Gasteiger partial charge is 0.461 e. The minimum absolute atomic E-state index is 0.135. The number of aromatic amines is 1. The Morgan fingerprint density at radius 1 is 1.42 bits per heavy atom. The zero-order valence-corrected chi connectivity index (χ0v) is 21.0. The first-order chi connectivity index (χ1) is 16.9. The summed E-state index contributed by atoms with van der Waals surface area (Å²) < 4.78 is 46.2. The van der Waals surface area contributed by atoms with Gasteiger partial charge in [0.25, 0.3) is 5.56 Å². The molecular weight excluding hydrogens is 501 g/mol. The van der Waals surface area contributed by atoms with Crippen LogP contribution in [0.5, 0.6) is 0 Å². The molecule has 2 aliphatic rings. The van der Waals surface area contributed by atoms with Gasteiger partial charge in [0.15, 0.2) is 6.23 Å². The molecule has 2 aliphatic heterocycles. The first kappa shape index (κ1) is 27.6. The lowest BCUT2D eigenvalue weighted by Crippen LogP contribution is -2.44. The normalized spacial score (nSPS) is 30.2. The Bertz CT molecular complexity index is 1190. The van der Waals surface area contributed by atoms with E-state index in [2.05, 4.69) is 21.0 Å². The lowest BCUT2D eigenvalue weighted by Gasteiger charge is -2.35. The third-order valence-electron chi connectivity index (χ3n) is 5.57. The van der Waals surface area contributed by atoms with Crippen molar-refractivity contribution in [1.29, 1.82) is 0 Å². The Hall–Kier alpha value is -2.95. The highest BCUT2D eigenvalue weighted by molar-refractivity contribution is 7.48. The lowest BCUT2D eigenvalue weighted by atomic mass is 9.83. The van der Waals surface area contributed by atoms with Crippen LogP contribution in [0.4, 0.5) is 4.79 Å². The fourth-order valence-corrected chi connectivity index (χ4v) is 5.27. The van der Waals surface area contributed by atoms with Gasteiger partial charge in [0, 0.05) is 18.7 Å². The van der Waals surface area contributed by atoms with Gasteiger partial charge < -0.3 is 19.5 Å². The minimum atomic E-state index is -4.19. The summed E-state index contributed by atoms with van der Waals surface area (Å²) in [6, 6.07) is -0.00996. The number of nitrogens with one attached hydrogen (secondary N) is 2. The highest BCUT2D eigenvalue weighted by Gasteiger charge is 2.60. The number of methoxy groups -OCH3 is 1. The van der Waals surface area contributed by atoms with Crippen molar-refractivity contribution in [3.05, 3.63) is 33.1 Å². The first-order valence-electron chi connectivity index (χ1n) is 11.0. The van der Waals surface area contributed by atoms with Crippen LogP contribution in [-0.2, 0) is 37.1 Å². The van der Waals surface area contributed by atoms with Crippen molar-refractivity contribution in [2.75, 3.05) is 20.3 Å². The summed E-state index contributed by atoms with van der Waals surface area (Å²) in [5.74, 6) is 1.81. The summed E-state index contributed by atoms with van der Waals surface area (Å²) in [6.07, 6.45) is 2.72. The average molecular weight is 529 g/mol. The van der Waals surface area contributed by atoms with E-state index >= 15 is 0 Å². The van der Waals surface area contributed by atoms with Gasteiger partial charge >= 0.3 is 25.6 Å². The highest BCUT2D eigenvalue weighted by atomic mass is 31.2. The molecule has 0 radical (unpaired) electrons. The van der Waals surface area contributed by atoms with Crippen molar-refractivity contribution in [2.45, 2.75) is 57.8 Å². The zero-order valence-electron chi connectivity index (χ0n) is 20.1. The van der Waals surface area contributed by atoms with Gasteiger partial charge in [-0.2, -0.15) is 0 Å². The molecule has 14 nitrogen and oxygen atoms in total. The van der Waals surface area contributed by atoms with Crippen molar-refractivity contribution in [3.8, 4) is 12.3 Å². The number of H-pyrrole nitrogens is 1. The molecular formula is C21H28N3O11P. The van der Waals surface area contributed by atoms with Crippen molar-refractivity contribution in [2.24, 2.45) is 5.41 Å². The molecule has 1 aromatic rings. The maximum absolute atomic E-state index is 13.2. The molecule has 0 unspecified atom stereocenters. The van der Waals surface area contributed by atoms with E-state index in [-0.39, 0.29) is 19.6 Å². The maximum atomic E-state index is 13.2. The molecule has 3 rings (SSSR count).